The molecule has 1 aliphatic rings. The van der Waals surface area contributed by atoms with Crippen LogP contribution >= 0.6 is 0 Å². The number of nitrogens with two attached hydrogens (primary N) is 1. The molecule has 0 amide bonds. The highest BCUT2D eigenvalue weighted by Gasteiger charge is 2.20. The molecule has 0 aliphatic heterocycles. The van der Waals surface area contributed by atoms with Gasteiger partial charge in [0, 0.05) is 6.04 Å². The Morgan fingerprint density at radius 3 is 2.29 bits per heavy atom. The molecule has 1 aromatic carbocycles. The molecule has 3 nitrogen and oxygen atoms in total. The lowest BCUT2D eigenvalue weighted by Crippen LogP contribution is -2.25. The van der Waals surface area contributed by atoms with Gasteiger partial charge in [-0.05, 0) is 49.3 Å². The van der Waals surface area contributed by atoms with E-state index in [1.807, 2.05) is 24.3 Å². The fourth-order valence-corrected chi connectivity index (χ4v) is 2.46. The van der Waals surface area contributed by atoms with Gasteiger partial charge in [0.1, 0.15) is 0 Å². The largest absolute Gasteiger partial charge is 0.465 e. The molecule has 1 aromatic rings. The van der Waals surface area contributed by atoms with E-state index in [0.29, 0.717) is 17.5 Å². The number of carbonyl (C=O) groups excluding carboxylic acids is 1. The summed E-state index contributed by atoms with van der Waals surface area (Å²) in [5.41, 5.74) is 7.82. The van der Waals surface area contributed by atoms with E-state index in [0.717, 1.165) is 25.7 Å². The highest BCUT2D eigenvalue weighted by molar-refractivity contribution is 5.89. The minimum atomic E-state index is -0.276. The number of hydrogen-bond donors (Lipinski definition) is 1. The lowest BCUT2D eigenvalue weighted by Gasteiger charge is -2.26. The molecule has 0 spiro atoms. The molecule has 0 atom stereocenters. The van der Waals surface area contributed by atoms with E-state index in [1.165, 1.54) is 12.7 Å². The second kappa shape index (κ2) is 5.32. The van der Waals surface area contributed by atoms with Crippen LogP contribution in [0.15, 0.2) is 24.3 Å². The maximum absolute atomic E-state index is 11.3. The Balaban J connectivity index is 2.05. The second-order valence-electron chi connectivity index (χ2n) is 4.73. The summed E-state index contributed by atoms with van der Waals surface area (Å²) >= 11 is 0. The molecule has 1 saturated carbocycles. The van der Waals surface area contributed by atoms with Crippen molar-refractivity contribution in [1.82, 2.24) is 0 Å². The Morgan fingerprint density at radius 1 is 1.18 bits per heavy atom. The lowest BCUT2D eigenvalue weighted by molar-refractivity contribution is 0.0600. The fourth-order valence-electron chi connectivity index (χ4n) is 2.46. The van der Waals surface area contributed by atoms with Gasteiger partial charge in [-0.2, -0.15) is 0 Å². The summed E-state index contributed by atoms with van der Waals surface area (Å²) < 4.78 is 4.68. The number of hydrogen-bond acceptors (Lipinski definition) is 3. The van der Waals surface area contributed by atoms with Crippen LogP contribution in [0.2, 0.25) is 0 Å². The van der Waals surface area contributed by atoms with Crippen LogP contribution < -0.4 is 5.73 Å². The number of methoxy groups -OCH3 is 1. The van der Waals surface area contributed by atoms with Crippen LogP contribution in [0.4, 0.5) is 0 Å². The van der Waals surface area contributed by atoms with Crippen molar-refractivity contribution in [2.75, 3.05) is 7.11 Å². The van der Waals surface area contributed by atoms with Gasteiger partial charge in [-0.1, -0.05) is 12.1 Å². The summed E-state index contributed by atoms with van der Waals surface area (Å²) in [6, 6.07) is 8.13. The Morgan fingerprint density at radius 2 is 1.76 bits per heavy atom. The van der Waals surface area contributed by atoms with E-state index in [4.69, 9.17) is 5.73 Å². The predicted molar refractivity (Wildman–Crippen MR) is 67.0 cm³/mol. The van der Waals surface area contributed by atoms with Gasteiger partial charge in [-0.3, -0.25) is 0 Å². The van der Waals surface area contributed by atoms with Gasteiger partial charge in [0.15, 0.2) is 0 Å². The third kappa shape index (κ3) is 2.86. The zero-order chi connectivity index (χ0) is 12.3. The van der Waals surface area contributed by atoms with Crippen molar-refractivity contribution in [2.45, 2.75) is 37.6 Å². The lowest BCUT2D eigenvalue weighted by atomic mass is 9.82. The van der Waals surface area contributed by atoms with Crippen molar-refractivity contribution in [3.8, 4) is 0 Å². The van der Waals surface area contributed by atoms with Gasteiger partial charge in [-0.15, -0.1) is 0 Å². The monoisotopic (exact) mass is 233 g/mol. The second-order valence-corrected chi connectivity index (χ2v) is 4.73. The molecule has 1 aliphatic carbocycles. The summed E-state index contributed by atoms with van der Waals surface area (Å²) in [7, 11) is 1.40. The molecular weight excluding hydrogens is 214 g/mol. The van der Waals surface area contributed by atoms with Gasteiger partial charge >= 0.3 is 5.97 Å². The van der Waals surface area contributed by atoms with Crippen LogP contribution in [-0.4, -0.2) is 19.1 Å². The van der Waals surface area contributed by atoms with E-state index in [2.05, 4.69) is 4.74 Å². The summed E-state index contributed by atoms with van der Waals surface area (Å²) in [6.45, 7) is 0. The topological polar surface area (TPSA) is 52.3 Å². The molecule has 17 heavy (non-hydrogen) atoms. The van der Waals surface area contributed by atoms with Gasteiger partial charge < -0.3 is 10.5 Å². The maximum atomic E-state index is 11.3. The number of carbonyl (C=O) groups is 1. The smallest absolute Gasteiger partial charge is 0.337 e. The first-order valence-electron chi connectivity index (χ1n) is 6.14. The highest BCUT2D eigenvalue weighted by Crippen LogP contribution is 2.32. The molecule has 0 saturated heterocycles. The van der Waals surface area contributed by atoms with Gasteiger partial charge in [-0.25, -0.2) is 4.79 Å². The first kappa shape index (κ1) is 12.1. The molecule has 0 bridgehead atoms. The molecule has 92 valence electrons. The van der Waals surface area contributed by atoms with E-state index in [9.17, 15) is 4.79 Å². The maximum Gasteiger partial charge on any atom is 0.337 e. The van der Waals surface area contributed by atoms with Crippen molar-refractivity contribution < 1.29 is 9.53 Å². The minimum Gasteiger partial charge on any atom is -0.465 e. The molecule has 0 aromatic heterocycles. The minimum absolute atomic E-state index is 0.276. The van der Waals surface area contributed by atoms with E-state index in [-0.39, 0.29) is 5.97 Å². The van der Waals surface area contributed by atoms with Crippen LogP contribution in [0.5, 0.6) is 0 Å². The Bertz CT molecular complexity index is 378. The Kier molecular flexibility index (Phi) is 3.79. The van der Waals surface area contributed by atoms with Crippen LogP contribution in [0.1, 0.15) is 47.5 Å². The average molecular weight is 233 g/mol. The van der Waals surface area contributed by atoms with Crippen LogP contribution in [-0.2, 0) is 4.74 Å². The van der Waals surface area contributed by atoms with E-state index >= 15 is 0 Å². The Hall–Kier alpha value is -1.35. The first-order valence-corrected chi connectivity index (χ1v) is 6.14. The summed E-state index contributed by atoms with van der Waals surface area (Å²) in [6.07, 6.45) is 4.50. The first-order chi connectivity index (χ1) is 8.20. The molecule has 2 rings (SSSR count). The third-order valence-electron chi connectivity index (χ3n) is 3.58. The molecule has 0 unspecified atom stereocenters. The zero-order valence-electron chi connectivity index (χ0n) is 10.2. The van der Waals surface area contributed by atoms with Gasteiger partial charge in [0.2, 0.25) is 0 Å². The normalized spacial score (nSPS) is 24.4. The summed E-state index contributed by atoms with van der Waals surface area (Å²) in [5, 5.41) is 0. The average Bonchev–Trinajstić information content (AvgIpc) is 2.39. The molecule has 3 heteroatoms. The number of benzene rings is 1. The van der Waals surface area contributed by atoms with Crippen molar-refractivity contribution in [3.63, 3.8) is 0 Å². The molecule has 0 radical (unpaired) electrons. The van der Waals surface area contributed by atoms with Crippen molar-refractivity contribution in [1.29, 1.82) is 0 Å². The SMILES string of the molecule is COC(=O)c1ccc(C2CCC(N)CC2)cc1. The van der Waals surface area contributed by atoms with Crippen molar-refractivity contribution in [3.05, 3.63) is 35.4 Å². The van der Waals surface area contributed by atoms with Crippen molar-refractivity contribution >= 4 is 5.97 Å². The van der Waals surface area contributed by atoms with Crippen LogP contribution in [0.3, 0.4) is 0 Å². The van der Waals surface area contributed by atoms with Crippen LogP contribution in [0, 0.1) is 0 Å². The Labute approximate surface area is 102 Å². The molecular formula is C14H19NO2. The number of esters is 1. The highest BCUT2D eigenvalue weighted by atomic mass is 16.5. The van der Waals surface area contributed by atoms with E-state index in [1.54, 1.807) is 0 Å². The fraction of sp³-hybridized carbons (Fsp3) is 0.500. The number of rotatable bonds is 2. The standard InChI is InChI=1S/C14H19NO2/c1-17-14(16)12-4-2-10(3-5-12)11-6-8-13(15)9-7-11/h2-5,11,13H,6-9,15H2,1H3. The number of ether oxygens (including phenoxy) is 1. The van der Waals surface area contributed by atoms with Crippen LogP contribution in [0.25, 0.3) is 0 Å². The van der Waals surface area contributed by atoms with Crippen molar-refractivity contribution in [2.24, 2.45) is 5.73 Å². The summed E-state index contributed by atoms with van der Waals surface area (Å²) in [4.78, 5) is 11.3. The third-order valence-corrected chi connectivity index (χ3v) is 3.58. The molecule has 0 heterocycles. The van der Waals surface area contributed by atoms with Gasteiger partial charge in [0.05, 0.1) is 12.7 Å². The summed E-state index contributed by atoms with van der Waals surface area (Å²) in [5.74, 6) is 0.323. The predicted octanol–water partition coefficient (Wildman–Crippen LogP) is 2.46. The quantitative estimate of drug-likeness (QED) is 0.798. The van der Waals surface area contributed by atoms with E-state index < -0.39 is 0 Å². The zero-order valence-corrected chi connectivity index (χ0v) is 10.2. The molecule has 2 N–H and O–H groups in total. The van der Waals surface area contributed by atoms with Gasteiger partial charge in [0.25, 0.3) is 0 Å². The molecule has 1 fully saturated rings.